The normalized spacial score (nSPS) is 14.5. The molecule has 5 heteroatoms. The average molecular weight is 367 g/mol. The Morgan fingerprint density at radius 1 is 1.07 bits per heavy atom. The number of hydrogen-bond acceptors (Lipinski definition) is 5. The number of carbonyl (C=O) groups is 1. The van der Waals surface area contributed by atoms with Gasteiger partial charge in [-0.25, -0.2) is 4.79 Å². The monoisotopic (exact) mass is 367 g/mol. The zero-order chi connectivity index (χ0) is 19.1. The van der Waals surface area contributed by atoms with Crippen molar-refractivity contribution in [2.24, 2.45) is 5.16 Å². The van der Waals surface area contributed by atoms with Crippen LogP contribution < -0.4 is 9.47 Å². The molecule has 0 aliphatic heterocycles. The summed E-state index contributed by atoms with van der Waals surface area (Å²) in [5.74, 6) is 1.11. The summed E-state index contributed by atoms with van der Waals surface area (Å²) in [5, 5.41) is 4.13. The lowest BCUT2D eigenvalue weighted by Gasteiger charge is -2.17. The van der Waals surface area contributed by atoms with E-state index in [1.54, 1.807) is 31.4 Å². The summed E-state index contributed by atoms with van der Waals surface area (Å²) < 4.78 is 10.9. The van der Waals surface area contributed by atoms with Crippen molar-refractivity contribution in [3.05, 3.63) is 59.2 Å². The third-order valence-corrected chi connectivity index (χ3v) is 4.58. The minimum atomic E-state index is -0.469. The maximum atomic E-state index is 12.3. The van der Waals surface area contributed by atoms with Gasteiger partial charge in [-0.15, -0.1) is 0 Å². The van der Waals surface area contributed by atoms with Gasteiger partial charge in [0.05, 0.1) is 25.0 Å². The van der Waals surface area contributed by atoms with Gasteiger partial charge in [0.1, 0.15) is 11.5 Å². The quantitative estimate of drug-likeness (QED) is 0.402. The van der Waals surface area contributed by atoms with Crippen LogP contribution >= 0.6 is 0 Å². The summed E-state index contributed by atoms with van der Waals surface area (Å²) in [6.45, 7) is 2.79. The Balaban J connectivity index is 1.65. The molecule has 0 N–H and O–H groups in total. The molecule has 1 aliphatic rings. The number of nitrogens with zero attached hydrogens (tertiary/aromatic N) is 1. The highest BCUT2D eigenvalue weighted by Crippen LogP contribution is 2.26. The Kier molecular flexibility index (Phi) is 6.47. The minimum absolute atomic E-state index is 0.452. The lowest BCUT2D eigenvalue weighted by molar-refractivity contribution is 0.0515. The predicted molar refractivity (Wildman–Crippen MR) is 105 cm³/mol. The fourth-order valence-electron chi connectivity index (χ4n) is 3.03. The van der Waals surface area contributed by atoms with Crippen molar-refractivity contribution in [2.75, 3.05) is 13.7 Å². The molecule has 0 fully saturated rings. The Labute approximate surface area is 159 Å². The van der Waals surface area contributed by atoms with Crippen LogP contribution in [0.5, 0.6) is 11.5 Å². The number of aryl methyl sites for hydroxylation is 1. The molecule has 0 aromatic heterocycles. The van der Waals surface area contributed by atoms with Crippen LogP contribution in [-0.2, 0) is 11.3 Å². The van der Waals surface area contributed by atoms with Gasteiger partial charge in [-0.2, -0.15) is 0 Å². The molecule has 3 rings (SSSR count). The second-order valence-electron chi connectivity index (χ2n) is 6.52. The second kappa shape index (κ2) is 9.21. The molecule has 5 nitrogen and oxygen atoms in total. The van der Waals surface area contributed by atoms with E-state index >= 15 is 0 Å². The highest BCUT2D eigenvalue weighted by molar-refractivity contribution is 6.03. The third-order valence-electron chi connectivity index (χ3n) is 4.58. The number of ether oxygens (including phenoxy) is 2. The van der Waals surface area contributed by atoms with E-state index in [9.17, 15) is 4.79 Å². The van der Waals surface area contributed by atoms with Gasteiger partial charge >= 0.3 is 5.97 Å². The lowest BCUT2D eigenvalue weighted by atomic mass is 9.90. The second-order valence-corrected chi connectivity index (χ2v) is 6.52. The summed E-state index contributed by atoms with van der Waals surface area (Å²) in [7, 11) is 1.65. The fraction of sp³-hybridized carbons (Fsp3) is 0.364. The summed E-state index contributed by atoms with van der Waals surface area (Å²) >= 11 is 0. The van der Waals surface area contributed by atoms with E-state index in [0.29, 0.717) is 12.2 Å². The van der Waals surface area contributed by atoms with Gasteiger partial charge in [0.15, 0.2) is 0 Å². The van der Waals surface area contributed by atoms with Crippen LogP contribution in [0.4, 0.5) is 0 Å². The molecular weight excluding hydrogens is 342 g/mol. The van der Waals surface area contributed by atoms with E-state index in [1.165, 1.54) is 5.56 Å². The average Bonchev–Trinajstić information content (AvgIpc) is 2.72. The Morgan fingerprint density at radius 3 is 2.59 bits per heavy atom. The van der Waals surface area contributed by atoms with Gasteiger partial charge in [0.25, 0.3) is 0 Å². The minimum Gasteiger partial charge on any atom is -0.497 e. The first-order chi connectivity index (χ1) is 13.2. The van der Waals surface area contributed by atoms with Gasteiger partial charge < -0.3 is 14.3 Å². The maximum Gasteiger partial charge on any atom is 0.365 e. The van der Waals surface area contributed by atoms with E-state index in [-0.39, 0.29) is 0 Å². The molecule has 142 valence electrons. The van der Waals surface area contributed by atoms with Crippen molar-refractivity contribution < 1.29 is 19.1 Å². The third kappa shape index (κ3) is 4.88. The van der Waals surface area contributed by atoms with Crippen LogP contribution in [0.25, 0.3) is 0 Å². The van der Waals surface area contributed by atoms with Crippen molar-refractivity contribution in [2.45, 2.75) is 39.0 Å². The molecule has 0 heterocycles. The number of hydrogen-bond donors (Lipinski definition) is 0. The molecule has 2 aromatic carbocycles. The van der Waals surface area contributed by atoms with E-state index in [4.69, 9.17) is 14.3 Å². The smallest absolute Gasteiger partial charge is 0.365 e. The van der Waals surface area contributed by atoms with Crippen LogP contribution in [0.1, 0.15) is 54.1 Å². The van der Waals surface area contributed by atoms with Gasteiger partial charge in [-0.05, 0) is 73.7 Å². The number of benzene rings is 2. The SMILES string of the molecule is CCCCOc1ccc(C(=O)ON=C2CCCc3cc(OC)ccc32)cc1. The van der Waals surface area contributed by atoms with E-state index in [1.807, 2.05) is 18.2 Å². The molecule has 0 radical (unpaired) electrons. The van der Waals surface area contributed by atoms with Crippen molar-refractivity contribution in [3.8, 4) is 11.5 Å². The van der Waals surface area contributed by atoms with Crippen LogP contribution in [0.2, 0.25) is 0 Å². The van der Waals surface area contributed by atoms with Crippen LogP contribution in [0.15, 0.2) is 47.6 Å². The maximum absolute atomic E-state index is 12.3. The van der Waals surface area contributed by atoms with Gasteiger partial charge in [-0.1, -0.05) is 18.5 Å². The van der Waals surface area contributed by atoms with E-state index < -0.39 is 5.97 Å². The molecule has 0 saturated carbocycles. The van der Waals surface area contributed by atoms with Gasteiger partial charge in [0, 0.05) is 5.56 Å². The van der Waals surface area contributed by atoms with Crippen LogP contribution in [0.3, 0.4) is 0 Å². The number of rotatable bonds is 7. The fourth-order valence-corrected chi connectivity index (χ4v) is 3.03. The molecule has 0 amide bonds. The zero-order valence-electron chi connectivity index (χ0n) is 15.9. The first kappa shape index (κ1) is 19.0. The van der Waals surface area contributed by atoms with Crippen molar-refractivity contribution >= 4 is 11.7 Å². The first-order valence-electron chi connectivity index (χ1n) is 9.39. The van der Waals surface area contributed by atoms with Gasteiger partial charge in [0.2, 0.25) is 0 Å². The largest absolute Gasteiger partial charge is 0.497 e. The predicted octanol–water partition coefficient (Wildman–Crippen LogP) is 4.77. The van der Waals surface area contributed by atoms with Crippen LogP contribution in [-0.4, -0.2) is 25.4 Å². The molecule has 0 unspecified atom stereocenters. The van der Waals surface area contributed by atoms with Crippen molar-refractivity contribution in [1.29, 1.82) is 0 Å². The van der Waals surface area contributed by atoms with Gasteiger partial charge in [-0.3, -0.25) is 0 Å². The summed E-state index contributed by atoms with van der Waals surface area (Å²) in [5.41, 5.74) is 3.44. The highest BCUT2D eigenvalue weighted by atomic mass is 16.7. The standard InChI is InChI=1S/C22H25NO4/c1-3-4-14-26-18-10-8-16(9-11-18)22(24)27-23-21-7-5-6-17-15-19(25-2)12-13-20(17)21/h8-13,15H,3-7,14H2,1-2H3. The van der Waals surface area contributed by atoms with Crippen molar-refractivity contribution in [1.82, 2.24) is 0 Å². The molecule has 0 bridgehead atoms. The van der Waals surface area contributed by atoms with E-state index in [0.717, 1.165) is 54.9 Å². The molecule has 27 heavy (non-hydrogen) atoms. The van der Waals surface area contributed by atoms with Crippen molar-refractivity contribution in [3.63, 3.8) is 0 Å². The Bertz CT molecular complexity index is 812. The zero-order valence-corrected chi connectivity index (χ0v) is 15.9. The summed E-state index contributed by atoms with van der Waals surface area (Å²) in [6.07, 6.45) is 4.82. The number of oxime groups is 1. The van der Waals surface area contributed by atoms with Crippen LogP contribution in [0, 0.1) is 0 Å². The molecule has 1 aliphatic carbocycles. The summed E-state index contributed by atoms with van der Waals surface area (Å²) in [6, 6.07) is 12.8. The number of carbonyl (C=O) groups excluding carboxylic acids is 1. The van der Waals surface area contributed by atoms with E-state index in [2.05, 4.69) is 12.1 Å². The highest BCUT2D eigenvalue weighted by Gasteiger charge is 2.18. The number of methoxy groups -OCH3 is 1. The molecule has 0 saturated heterocycles. The molecule has 0 atom stereocenters. The number of fused-ring (bicyclic) bond motifs is 1. The lowest BCUT2D eigenvalue weighted by Crippen LogP contribution is -2.13. The first-order valence-corrected chi connectivity index (χ1v) is 9.39. The Morgan fingerprint density at radius 2 is 1.85 bits per heavy atom. The molecular formula is C22H25NO4. The Hall–Kier alpha value is -2.82. The number of unbranched alkanes of at least 4 members (excludes halogenated alkanes) is 1. The molecule has 2 aromatic rings. The summed E-state index contributed by atoms with van der Waals surface area (Å²) in [4.78, 5) is 17.5. The topological polar surface area (TPSA) is 57.1 Å². The molecule has 0 spiro atoms.